The molecule has 1 aromatic heterocycles. The molecule has 0 fully saturated rings. The van der Waals surface area contributed by atoms with E-state index in [1.165, 1.54) is 12.4 Å². The second kappa shape index (κ2) is 7.43. The molecule has 1 aliphatic rings. The maximum Gasteiger partial charge on any atom is 0.338 e. The number of benzene rings is 1. The predicted octanol–water partition coefficient (Wildman–Crippen LogP) is 3.08. The van der Waals surface area contributed by atoms with Crippen molar-refractivity contribution in [2.45, 2.75) is 32.9 Å². The van der Waals surface area contributed by atoms with Crippen LogP contribution in [0, 0.1) is 0 Å². The minimum Gasteiger partial charge on any atom is -0.491 e. The van der Waals surface area contributed by atoms with E-state index in [0.29, 0.717) is 17.2 Å². The van der Waals surface area contributed by atoms with Gasteiger partial charge in [-0.3, -0.25) is 0 Å². The number of fused-ring (bicyclic) bond motifs is 1. The Balaban J connectivity index is 2.00. The molecular formula is C19H22N4O3. The highest BCUT2D eigenvalue weighted by atomic mass is 16.5. The predicted molar refractivity (Wildman–Crippen MR) is 97.8 cm³/mol. The van der Waals surface area contributed by atoms with Gasteiger partial charge < -0.3 is 14.8 Å². The zero-order valence-electron chi connectivity index (χ0n) is 15.1. The molecule has 7 heteroatoms. The number of carbonyl (C=O) groups excluding carboxylic acids is 1. The third-order valence-corrected chi connectivity index (χ3v) is 3.91. The number of carbonyl (C=O) groups is 1. The van der Waals surface area contributed by atoms with Crippen LogP contribution in [0.1, 0.15) is 32.4 Å². The molecule has 0 aliphatic carbocycles. The zero-order valence-corrected chi connectivity index (χ0v) is 15.1. The Morgan fingerprint density at radius 3 is 2.77 bits per heavy atom. The highest BCUT2D eigenvalue weighted by molar-refractivity contribution is 5.92. The number of esters is 1. The van der Waals surface area contributed by atoms with Crippen LogP contribution in [0.5, 0.6) is 5.75 Å². The maximum absolute atomic E-state index is 12.6. The molecule has 0 radical (unpaired) electrons. The summed E-state index contributed by atoms with van der Waals surface area (Å²) in [5, 5.41) is 7.38. The number of nitrogens with one attached hydrogen (secondary N) is 1. The van der Waals surface area contributed by atoms with E-state index in [1.807, 2.05) is 45.0 Å². The van der Waals surface area contributed by atoms with Crippen molar-refractivity contribution in [1.82, 2.24) is 14.8 Å². The zero-order chi connectivity index (χ0) is 18.7. The smallest absolute Gasteiger partial charge is 0.338 e. The van der Waals surface area contributed by atoms with Crippen LogP contribution in [0.2, 0.25) is 0 Å². The van der Waals surface area contributed by atoms with Gasteiger partial charge in [0.05, 0.1) is 11.7 Å². The lowest BCUT2D eigenvalue weighted by atomic mass is 9.96. The number of anilines is 1. The average molecular weight is 354 g/mol. The molecule has 0 bridgehead atoms. The highest BCUT2D eigenvalue weighted by Crippen LogP contribution is 2.35. The van der Waals surface area contributed by atoms with E-state index in [-0.39, 0.29) is 12.7 Å². The first-order valence-corrected chi connectivity index (χ1v) is 8.43. The Labute approximate surface area is 152 Å². The first-order chi connectivity index (χ1) is 12.5. The van der Waals surface area contributed by atoms with E-state index in [0.717, 1.165) is 11.3 Å². The highest BCUT2D eigenvalue weighted by Gasteiger charge is 2.34. The fourth-order valence-electron chi connectivity index (χ4n) is 2.88. The van der Waals surface area contributed by atoms with Gasteiger partial charge in [0.25, 0.3) is 0 Å². The first kappa shape index (κ1) is 17.7. The molecule has 26 heavy (non-hydrogen) atoms. The van der Waals surface area contributed by atoms with Crippen molar-refractivity contribution in [3.63, 3.8) is 0 Å². The summed E-state index contributed by atoms with van der Waals surface area (Å²) in [6.07, 6.45) is 3.09. The van der Waals surface area contributed by atoms with E-state index in [4.69, 9.17) is 9.47 Å². The Morgan fingerprint density at radius 1 is 1.38 bits per heavy atom. The summed E-state index contributed by atoms with van der Waals surface area (Å²) >= 11 is 0. The van der Waals surface area contributed by atoms with Gasteiger partial charge in [0.1, 0.15) is 24.7 Å². The standard InChI is InChI=1S/C19H22N4O3/c1-5-10-25-18(24)16-13(4)22-19-20-11-21-23(19)17(16)14-6-8-15(9-7-14)26-12(2)3/h5-9,11-12,17H,1,10H2,2-4H3,(H,20,21,22). The SMILES string of the molecule is C=CCOC(=O)C1=C(C)Nc2ncnn2C1c1ccc(OC(C)C)cc1. The topological polar surface area (TPSA) is 78.3 Å². The Morgan fingerprint density at radius 2 is 2.12 bits per heavy atom. The number of allylic oxidation sites excluding steroid dienone is 1. The monoisotopic (exact) mass is 354 g/mol. The molecule has 1 N–H and O–H groups in total. The number of nitrogens with zero attached hydrogens (tertiary/aromatic N) is 3. The minimum absolute atomic E-state index is 0.0910. The van der Waals surface area contributed by atoms with E-state index in [2.05, 4.69) is 22.0 Å². The van der Waals surface area contributed by atoms with Crippen LogP contribution in [0.25, 0.3) is 0 Å². The van der Waals surface area contributed by atoms with Crippen molar-refractivity contribution in [3.8, 4) is 5.75 Å². The van der Waals surface area contributed by atoms with Gasteiger partial charge in [-0.2, -0.15) is 10.1 Å². The van der Waals surface area contributed by atoms with Gasteiger partial charge in [-0.15, -0.1) is 0 Å². The lowest BCUT2D eigenvalue weighted by Crippen LogP contribution is -2.29. The van der Waals surface area contributed by atoms with Crippen LogP contribution in [0.15, 0.2) is 54.5 Å². The van der Waals surface area contributed by atoms with Crippen LogP contribution >= 0.6 is 0 Å². The van der Waals surface area contributed by atoms with Crippen LogP contribution in [0.4, 0.5) is 5.95 Å². The summed E-state index contributed by atoms with van der Waals surface area (Å²) < 4.78 is 12.7. The molecule has 3 rings (SSSR count). The largest absolute Gasteiger partial charge is 0.491 e. The van der Waals surface area contributed by atoms with E-state index in [1.54, 1.807) is 4.68 Å². The van der Waals surface area contributed by atoms with Crippen molar-refractivity contribution in [2.24, 2.45) is 0 Å². The fraction of sp³-hybridized carbons (Fsp3) is 0.316. The molecule has 1 aliphatic heterocycles. The third-order valence-electron chi connectivity index (χ3n) is 3.91. The Bertz CT molecular complexity index is 837. The summed E-state index contributed by atoms with van der Waals surface area (Å²) in [6.45, 7) is 9.51. The van der Waals surface area contributed by atoms with Gasteiger partial charge in [0, 0.05) is 5.70 Å². The maximum atomic E-state index is 12.6. The van der Waals surface area contributed by atoms with Crippen molar-refractivity contribution in [2.75, 3.05) is 11.9 Å². The number of aromatic nitrogens is 3. The van der Waals surface area contributed by atoms with Crippen LogP contribution in [0.3, 0.4) is 0 Å². The van der Waals surface area contributed by atoms with E-state index < -0.39 is 12.0 Å². The molecule has 0 saturated heterocycles. The number of hydrogen-bond donors (Lipinski definition) is 1. The van der Waals surface area contributed by atoms with Crippen LogP contribution in [-0.4, -0.2) is 33.4 Å². The molecule has 1 aromatic carbocycles. The summed E-state index contributed by atoms with van der Waals surface area (Å²) in [4.78, 5) is 16.9. The fourth-order valence-corrected chi connectivity index (χ4v) is 2.88. The molecule has 0 saturated carbocycles. The van der Waals surface area contributed by atoms with E-state index in [9.17, 15) is 4.79 Å². The molecule has 136 valence electrons. The summed E-state index contributed by atoms with van der Waals surface area (Å²) in [7, 11) is 0. The molecular weight excluding hydrogens is 332 g/mol. The quantitative estimate of drug-likeness (QED) is 0.634. The molecule has 0 amide bonds. The van der Waals surface area contributed by atoms with Crippen molar-refractivity contribution in [1.29, 1.82) is 0 Å². The van der Waals surface area contributed by atoms with Crippen molar-refractivity contribution < 1.29 is 14.3 Å². The molecule has 1 atom stereocenters. The summed E-state index contributed by atoms with van der Waals surface area (Å²) in [6, 6.07) is 7.19. The van der Waals surface area contributed by atoms with Gasteiger partial charge in [-0.25, -0.2) is 9.48 Å². The third kappa shape index (κ3) is 3.46. The summed E-state index contributed by atoms with van der Waals surface area (Å²) in [5.74, 6) is 0.937. The first-order valence-electron chi connectivity index (χ1n) is 8.43. The molecule has 2 aromatic rings. The van der Waals surface area contributed by atoms with Crippen molar-refractivity contribution >= 4 is 11.9 Å². The normalized spacial score (nSPS) is 16.1. The number of ether oxygens (including phenoxy) is 2. The molecule has 0 spiro atoms. The molecule has 2 heterocycles. The lowest BCUT2D eigenvalue weighted by molar-refractivity contribution is -0.138. The van der Waals surface area contributed by atoms with Gasteiger partial charge >= 0.3 is 5.97 Å². The Kier molecular flexibility index (Phi) is 5.06. The van der Waals surface area contributed by atoms with E-state index >= 15 is 0 Å². The summed E-state index contributed by atoms with van der Waals surface area (Å²) in [5.41, 5.74) is 2.06. The lowest BCUT2D eigenvalue weighted by Gasteiger charge is -2.28. The molecule has 7 nitrogen and oxygen atoms in total. The second-order valence-electron chi connectivity index (χ2n) is 6.22. The van der Waals surface area contributed by atoms with Gasteiger partial charge in [-0.1, -0.05) is 24.8 Å². The number of rotatable bonds is 6. The van der Waals surface area contributed by atoms with Crippen LogP contribution < -0.4 is 10.1 Å². The van der Waals surface area contributed by atoms with Crippen LogP contribution in [-0.2, 0) is 9.53 Å². The van der Waals surface area contributed by atoms with Gasteiger partial charge in [0.2, 0.25) is 5.95 Å². The average Bonchev–Trinajstić information content (AvgIpc) is 3.06. The minimum atomic E-state index is -0.431. The second-order valence-corrected chi connectivity index (χ2v) is 6.22. The van der Waals surface area contributed by atoms with Crippen molar-refractivity contribution in [3.05, 3.63) is 60.1 Å². The van der Waals surface area contributed by atoms with Gasteiger partial charge in [-0.05, 0) is 38.5 Å². The Hall–Kier alpha value is -3.09. The number of hydrogen-bond acceptors (Lipinski definition) is 6. The van der Waals surface area contributed by atoms with Gasteiger partial charge in [0.15, 0.2) is 0 Å². The molecule has 1 unspecified atom stereocenters.